The number of carbonyl (C=O) groups excluding carboxylic acids is 6. The van der Waals surface area contributed by atoms with E-state index in [0.29, 0.717) is 5.56 Å². The van der Waals surface area contributed by atoms with Crippen LogP contribution in [-0.2, 0) is 35.1 Å². The lowest BCUT2D eigenvalue weighted by molar-refractivity contribution is -0.160. The van der Waals surface area contributed by atoms with Gasteiger partial charge in [-0.3, -0.25) is 28.8 Å². The van der Waals surface area contributed by atoms with Gasteiger partial charge in [-0.2, -0.15) is 0 Å². The van der Waals surface area contributed by atoms with Crippen LogP contribution in [0.1, 0.15) is 90.2 Å². The Balaban J connectivity index is 1.46. The Bertz CT molecular complexity index is 2300. The molecule has 332 valence electrons. The zero-order valence-corrected chi connectivity index (χ0v) is 36.5. The highest BCUT2D eigenvalue weighted by Crippen LogP contribution is 2.49. The fourth-order valence-electron chi connectivity index (χ4n) is 8.61. The number of esters is 1. The van der Waals surface area contributed by atoms with Crippen molar-refractivity contribution in [2.24, 2.45) is 29.6 Å². The smallest absolute Gasteiger partial charge is 0.312 e. The van der Waals surface area contributed by atoms with E-state index in [2.05, 4.69) is 10.6 Å². The van der Waals surface area contributed by atoms with E-state index in [1.165, 1.54) is 40.9 Å². The quantitative estimate of drug-likeness (QED) is 0.260. The van der Waals surface area contributed by atoms with Crippen molar-refractivity contribution in [1.29, 1.82) is 0 Å². The summed E-state index contributed by atoms with van der Waals surface area (Å²) in [6.45, 7) is 10.3. The molecule has 0 unspecified atom stereocenters. The molecule has 0 saturated heterocycles. The normalized spacial score (nSPS) is 31.6. The molecule has 62 heavy (non-hydrogen) atoms. The average Bonchev–Trinajstić information content (AvgIpc) is 3.99. The number of ether oxygens (including phenoxy) is 4. The number of anilines is 1. The number of aromatic hydroxyl groups is 1. The molecule has 10 atom stereocenters. The van der Waals surface area contributed by atoms with Gasteiger partial charge in [-0.05, 0) is 56.0 Å². The Hall–Kier alpha value is -5.84. The van der Waals surface area contributed by atoms with E-state index < -0.39 is 117 Å². The number of allylic oxidation sites excluding steroid dienone is 3. The molecule has 0 radical (unpaired) electrons. The monoisotopic (exact) mass is 857 g/mol. The first-order valence-electron chi connectivity index (χ1n) is 20.5. The number of phenolic OH excluding ortho intramolecular Hbond substituents is 1. The minimum absolute atomic E-state index is 0.00509. The first kappa shape index (κ1) is 45.7. The fourth-order valence-corrected chi connectivity index (χ4v) is 8.61. The van der Waals surface area contributed by atoms with Crippen molar-refractivity contribution in [1.82, 2.24) is 10.6 Å². The topological polar surface area (TPSA) is 227 Å². The Morgan fingerprint density at radius 3 is 2.23 bits per heavy atom. The number of nitrogens with zero attached hydrogens (tertiary/aromatic N) is 1. The van der Waals surface area contributed by atoms with Crippen LogP contribution < -0.4 is 20.3 Å². The average molecular weight is 858 g/mol. The second-order valence-corrected chi connectivity index (χ2v) is 17.1. The lowest BCUT2D eigenvalue weighted by atomic mass is 9.79. The first-order valence-corrected chi connectivity index (χ1v) is 20.5. The maximum Gasteiger partial charge on any atom is 0.312 e. The van der Waals surface area contributed by atoms with E-state index in [4.69, 9.17) is 18.9 Å². The maximum absolute atomic E-state index is 14.7. The third kappa shape index (κ3) is 8.38. The van der Waals surface area contributed by atoms with Gasteiger partial charge in [-0.15, -0.1) is 0 Å². The fraction of sp³-hybridized carbons (Fsp3) is 0.478. The molecule has 2 aromatic carbocycles. The Morgan fingerprint density at radius 2 is 1.61 bits per heavy atom. The molecule has 5 N–H and O–H groups in total. The molecule has 1 amide bonds. The van der Waals surface area contributed by atoms with Crippen LogP contribution in [0, 0.1) is 36.5 Å². The number of hydrogen-bond donors (Lipinski definition) is 5. The molecule has 2 aliphatic carbocycles. The van der Waals surface area contributed by atoms with Gasteiger partial charge in [0.1, 0.15) is 29.0 Å². The highest BCUT2D eigenvalue weighted by atomic mass is 16.7. The molecule has 1 fully saturated rings. The molecular formula is C46H55N3O13. The van der Waals surface area contributed by atoms with Crippen LogP contribution in [0.5, 0.6) is 11.5 Å². The van der Waals surface area contributed by atoms with Gasteiger partial charge in [-0.1, -0.05) is 32.9 Å². The van der Waals surface area contributed by atoms with E-state index in [1.54, 1.807) is 20.8 Å². The van der Waals surface area contributed by atoms with Crippen LogP contribution in [-0.4, -0.2) is 102 Å². The predicted octanol–water partition coefficient (Wildman–Crippen LogP) is 3.83. The number of aliphatic hydroxyl groups excluding tert-OH is 2. The molecule has 3 aliphatic heterocycles. The number of ketones is 4. The van der Waals surface area contributed by atoms with E-state index >= 15 is 0 Å². The van der Waals surface area contributed by atoms with Crippen LogP contribution >= 0.6 is 0 Å². The minimum Gasteiger partial charge on any atom is -0.507 e. The van der Waals surface area contributed by atoms with Crippen LogP contribution in [0.15, 0.2) is 59.6 Å². The molecule has 2 aromatic rings. The van der Waals surface area contributed by atoms with E-state index in [1.807, 2.05) is 43.3 Å². The van der Waals surface area contributed by atoms with Crippen molar-refractivity contribution < 1.29 is 63.0 Å². The van der Waals surface area contributed by atoms with Crippen LogP contribution in [0.2, 0.25) is 0 Å². The maximum atomic E-state index is 14.7. The standard InChI is InChI=1S/C46H55N3O13/c1-20-17-30(51)28-18-29(28)38(53)22(3)37(52)23(4)42(61-25(6)50)21(2)31(59-10)15-16-60-46(7)44(57)34-32-33(39(54)24(5)43(34)62-46)41(56)36(48-45(20)58)35(40(32)55)47-19-26-11-13-27(14-12-26)49(8)9/h11-17,21-23,28-29,31,37-38,42,47,52-54H,18-19H2,1-10H3,(H,48,58)/b16-15+,20-17-/t21-,22+,23-,28-,29+,31+,37-,38-,42-,46+/m1/s1. The molecule has 3 heterocycles. The first-order chi connectivity index (χ1) is 29.1. The second kappa shape index (κ2) is 17.5. The van der Waals surface area contributed by atoms with E-state index in [9.17, 15) is 44.1 Å². The predicted molar refractivity (Wildman–Crippen MR) is 224 cm³/mol. The van der Waals surface area contributed by atoms with Gasteiger partial charge in [0.2, 0.25) is 11.6 Å². The lowest BCUT2D eigenvalue weighted by Gasteiger charge is -2.37. The molecule has 5 bridgehead atoms. The molecule has 16 heteroatoms. The van der Waals surface area contributed by atoms with Gasteiger partial charge in [-0.25, -0.2) is 0 Å². The number of benzene rings is 2. The Labute approximate surface area is 359 Å². The molecule has 7 rings (SSSR count). The number of hydrogen-bond acceptors (Lipinski definition) is 15. The van der Waals surface area contributed by atoms with Crippen molar-refractivity contribution in [3.8, 4) is 11.5 Å². The Kier molecular flexibility index (Phi) is 12.9. The zero-order valence-electron chi connectivity index (χ0n) is 36.5. The summed E-state index contributed by atoms with van der Waals surface area (Å²) in [4.78, 5) is 85.3. The van der Waals surface area contributed by atoms with Crippen molar-refractivity contribution in [2.75, 3.05) is 26.1 Å². The largest absolute Gasteiger partial charge is 0.507 e. The number of rotatable bonds is 6. The summed E-state index contributed by atoms with van der Waals surface area (Å²) in [5.41, 5.74) is -0.747. The van der Waals surface area contributed by atoms with Crippen LogP contribution in [0.4, 0.5) is 5.69 Å². The van der Waals surface area contributed by atoms with Gasteiger partial charge in [0.05, 0.1) is 41.3 Å². The summed E-state index contributed by atoms with van der Waals surface area (Å²) in [7, 11) is 5.17. The number of amides is 1. The lowest BCUT2D eigenvalue weighted by Crippen LogP contribution is -2.46. The third-order valence-corrected chi connectivity index (χ3v) is 12.6. The summed E-state index contributed by atoms with van der Waals surface area (Å²) in [5, 5.41) is 40.0. The number of Topliss-reactive ketones (excluding diaryl/α,β-unsaturated/α-hetero) is 3. The summed E-state index contributed by atoms with van der Waals surface area (Å²) in [5.74, 6) is -11.1. The minimum atomic E-state index is -2.12. The third-order valence-electron chi connectivity index (χ3n) is 12.6. The van der Waals surface area contributed by atoms with Gasteiger partial charge >= 0.3 is 11.8 Å². The van der Waals surface area contributed by atoms with Gasteiger partial charge in [0, 0.05) is 82.1 Å². The molecule has 1 saturated carbocycles. The van der Waals surface area contributed by atoms with Crippen molar-refractivity contribution >= 4 is 40.7 Å². The number of methoxy groups -OCH3 is 1. The number of phenols is 1. The van der Waals surface area contributed by atoms with Gasteiger partial charge in [0.15, 0.2) is 5.78 Å². The van der Waals surface area contributed by atoms with Gasteiger partial charge in [0.25, 0.3) is 11.7 Å². The van der Waals surface area contributed by atoms with Gasteiger partial charge < -0.3 is 49.8 Å². The second-order valence-electron chi connectivity index (χ2n) is 17.1. The summed E-state index contributed by atoms with van der Waals surface area (Å²) >= 11 is 0. The van der Waals surface area contributed by atoms with E-state index in [-0.39, 0.29) is 41.1 Å². The SMILES string of the molecule is CO[C@H]1/C=C/O[C@@]2(C)Oc3c(C)c(O)c4c(c3C2=O)C(=O)C(NCc2ccc(N(C)C)cc2)=C(NC(=O)/C(C)=C\C(=O)[C@@H]2C[C@@H]2[C@H](O)[C@@H](C)[C@@H](O)[C@@H](C)[C@H](OC(C)=O)[C@@H]1C)C4=O. The van der Waals surface area contributed by atoms with Crippen molar-refractivity contribution in [3.05, 3.63) is 87.5 Å². The molecular weight excluding hydrogens is 803 g/mol. The highest BCUT2D eigenvalue weighted by Gasteiger charge is 2.53. The summed E-state index contributed by atoms with van der Waals surface area (Å²) < 4.78 is 23.5. The Morgan fingerprint density at radius 1 is 0.952 bits per heavy atom. The van der Waals surface area contributed by atoms with Crippen LogP contribution in [0.3, 0.4) is 0 Å². The number of aliphatic hydroxyl groups is 2. The molecule has 16 nitrogen and oxygen atoms in total. The molecule has 0 aromatic heterocycles. The number of fused-ring (bicyclic) bond motifs is 12. The summed E-state index contributed by atoms with van der Waals surface area (Å²) in [6, 6.07) is 7.32. The zero-order chi connectivity index (χ0) is 45.7. The van der Waals surface area contributed by atoms with Crippen molar-refractivity contribution in [3.63, 3.8) is 0 Å². The van der Waals surface area contributed by atoms with Crippen molar-refractivity contribution in [2.45, 2.75) is 91.6 Å². The molecule has 0 spiro atoms. The molecule has 5 aliphatic rings. The van der Waals surface area contributed by atoms with Crippen LogP contribution in [0.25, 0.3) is 0 Å². The number of nitrogens with one attached hydrogen (secondary N) is 2. The number of carbonyl (C=O) groups is 6. The highest BCUT2D eigenvalue weighted by molar-refractivity contribution is 6.32. The summed E-state index contributed by atoms with van der Waals surface area (Å²) in [6.07, 6.45) is -0.173. The van der Waals surface area contributed by atoms with E-state index in [0.717, 1.165) is 18.0 Å².